The van der Waals surface area contributed by atoms with Crippen molar-refractivity contribution in [1.29, 1.82) is 0 Å². The fourth-order valence-electron chi connectivity index (χ4n) is 2.25. The van der Waals surface area contributed by atoms with Gasteiger partial charge in [-0.1, -0.05) is 38.1 Å². The summed E-state index contributed by atoms with van der Waals surface area (Å²) in [5.74, 6) is 0.381. The van der Waals surface area contributed by atoms with Gasteiger partial charge in [0.25, 0.3) is 0 Å². The number of carbonyl (C=O) groups excluding carboxylic acids is 1. The average molecular weight is 302 g/mol. The van der Waals surface area contributed by atoms with Crippen LogP contribution in [0.5, 0.6) is 0 Å². The minimum absolute atomic E-state index is 0.136. The zero-order valence-corrected chi connectivity index (χ0v) is 13.6. The Balaban J connectivity index is 1.93. The normalized spacial score (nSPS) is 10.7. The van der Waals surface area contributed by atoms with E-state index in [1.165, 1.54) is 10.4 Å². The lowest BCUT2D eigenvalue weighted by molar-refractivity contribution is 0.252. The van der Waals surface area contributed by atoms with E-state index in [1.54, 1.807) is 11.3 Å². The monoisotopic (exact) mass is 302 g/mol. The van der Waals surface area contributed by atoms with Gasteiger partial charge in [-0.3, -0.25) is 0 Å². The number of nitrogens with one attached hydrogen (secondary N) is 2. The SMILES string of the molecule is Cc1cccc(C(C)C)c1NC(=O)NCCc1cccs1. The molecular formula is C17H22N2OS. The van der Waals surface area contributed by atoms with Crippen LogP contribution >= 0.6 is 11.3 Å². The molecule has 1 heterocycles. The molecule has 0 spiro atoms. The summed E-state index contributed by atoms with van der Waals surface area (Å²) in [6.45, 7) is 6.94. The van der Waals surface area contributed by atoms with Crippen LogP contribution in [0, 0.1) is 6.92 Å². The molecule has 0 fully saturated rings. The van der Waals surface area contributed by atoms with Crippen molar-refractivity contribution < 1.29 is 4.79 Å². The number of hydrogen-bond acceptors (Lipinski definition) is 2. The van der Waals surface area contributed by atoms with E-state index in [0.717, 1.165) is 17.7 Å². The zero-order chi connectivity index (χ0) is 15.2. The predicted octanol–water partition coefficient (Wildman–Crippen LogP) is 4.54. The molecule has 1 aromatic carbocycles. The number of para-hydroxylation sites is 1. The molecule has 2 rings (SSSR count). The van der Waals surface area contributed by atoms with Crippen LogP contribution in [0.4, 0.5) is 10.5 Å². The number of hydrogen-bond donors (Lipinski definition) is 2. The van der Waals surface area contributed by atoms with Gasteiger partial charge in [-0.15, -0.1) is 11.3 Å². The Hall–Kier alpha value is -1.81. The summed E-state index contributed by atoms with van der Waals surface area (Å²) in [5, 5.41) is 7.97. The summed E-state index contributed by atoms with van der Waals surface area (Å²) in [4.78, 5) is 13.3. The summed E-state index contributed by atoms with van der Waals surface area (Å²) < 4.78 is 0. The minimum atomic E-state index is -0.136. The van der Waals surface area contributed by atoms with Gasteiger partial charge >= 0.3 is 6.03 Å². The maximum Gasteiger partial charge on any atom is 0.319 e. The Morgan fingerprint density at radius 3 is 2.71 bits per heavy atom. The second kappa shape index (κ2) is 7.27. The summed E-state index contributed by atoms with van der Waals surface area (Å²) in [5.41, 5.74) is 3.19. The zero-order valence-electron chi connectivity index (χ0n) is 12.8. The van der Waals surface area contributed by atoms with Crippen molar-refractivity contribution in [2.75, 3.05) is 11.9 Å². The molecule has 21 heavy (non-hydrogen) atoms. The first kappa shape index (κ1) is 15.6. The van der Waals surface area contributed by atoms with E-state index in [2.05, 4.69) is 42.0 Å². The third kappa shape index (κ3) is 4.33. The molecular weight excluding hydrogens is 280 g/mol. The van der Waals surface area contributed by atoms with Gasteiger partial charge in [0.1, 0.15) is 0 Å². The van der Waals surface area contributed by atoms with Crippen LogP contribution in [0.1, 0.15) is 35.8 Å². The van der Waals surface area contributed by atoms with Gasteiger partial charge in [0.2, 0.25) is 0 Å². The molecule has 4 heteroatoms. The van der Waals surface area contributed by atoms with Gasteiger partial charge in [-0.25, -0.2) is 4.79 Å². The van der Waals surface area contributed by atoms with E-state index in [4.69, 9.17) is 0 Å². The Morgan fingerprint density at radius 1 is 1.24 bits per heavy atom. The van der Waals surface area contributed by atoms with Crippen molar-refractivity contribution in [2.45, 2.75) is 33.1 Å². The van der Waals surface area contributed by atoms with Crippen LogP contribution in [0.3, 0.4) is 0 Å². The third-order valence-electron chi connectivity index (χ3n) is 3.40. The first-order chi connectivity index (χ1) is 10.1. The van der Waals surface area contributed by atoms with Crippen LogP contribution in [0.2, 0.25) is 0 Å². The lowest BCUT2D eigenvalue weighted by Gasteiger charge is -2.16. The maximum absolute atomic E-state index is 12.0. The summed E-state index contributed by atoms with van der Waals surface area (Å²) in [6.07, 6.45) is 0.871. The second-order valence-electron chi connectivity index (χ2n) is 5.40. The van der Waals surface area contributed by atoms with Gasteiger partial charge in [0.15, 0.2) is 0 Å². The second-order valence-corrected chi connectivity index (χ2v) is 6.44. The van der Waals surface area contributed by atoms with Gasteiger partial charge in [-0.2, -0.15) is 0 Å². The molecule has 112 valence electrons. The van der Waals surface area contributed by atoms with Crippen molar-refractivity contribution in [1.82, 2.24) is 5.32 Å². The van der Waals surface area contributed by atoms with Crippen molar-refractivity contribution in [3.05, 3.63) is 51.7 Å². The highest BCUT2D eigenvalue weighted by molar-refractivity contribution is 7.09. The van der Waals surface area contributed by atoms with Crippen molar-refractivity contribution in [3.63, 3.8) is 0 Å². The van der Waals surface area contributed by atoms with Crippen LogP contribution in [0.25, 0.3) is 0 Å². The number of urea groups is 1. The van der Waals surface area contributed by atoms with Gasteiger partial charge < -0.3 is 10.6 Å². The molecule has 0 atom stereocenters. The highest BCUT2D eigenvalue weighted by Crippen LogP contribution is 2.27. The number of thiophene rings is 1. The van der Waals surface area contributed by atoms with Crippen LogP contribution in [-0.4, -0.2) is 12.6 Å². The van der Waals surface area contributed by atoms with Crippen molar-refractivity contribution in [2.24, 2.45) is 0 Å². The molecule has 2 N–H and O–H groups in total. The highest BCUT2D eigenvalue weighted by Gasteiger charge is 2.11. The molecule has 2 aromatic rings. The molecule has 1 aromatic heterocycles. The summed E-state index contributed by atoms with van der Waals surface area (Å²) in [6, 6.07) is 10.1. The van der Waals surface area contributed by atoms with E-state index in [0.29, 0.717) is 12.5 Å². The molecule has 0 saturated heterocycles. The molecule has 0 aliphatic rings. The molecule has 0 saturated carbocycles. The fourth-order valence-corrected chi connectivity index (χ4v) is 2.96. The topological polar surface area (TPSA) is 41.1 Å². The number of anilines is 1. The van der Waals surface area contributed by atoms with E-state index in [-0.39, 0.29) is 6.03 Å². The molecule has 0 aliphatic carbocycles. The highest BCUT2D eigenvalue weighted by atomic mass is 32.1. The Morgan fingerprint density at radius 2 is 2.05 bits per heavy atom. The first-order valence-electron chi connectivity index (χ1n) is 7.24. The Kier molecular flexibility index (Phi) is 5.39. The van der Waals surface area contributed by atoms with Gasteiger partial charge in [0.05, 0.1) is 0 Å². The van der Waals surface area contributed by atoms with Crippen LogP contribution in [-0.2, 0) is 6.42 Å². The van der Waals surface area contributed by atoms with Crippen LogP contribution in [0.15, 0.2) is 35.7 Å². The van der Waals surface area contributed by atoms with Crippen molar-refractivity contribution in [3.8, 4) is 0 Å². The lowest BCUT2D eigenvalue weighted by atomic mass is 9.98. The van der Waals surface area contributed by atoms with Gasteiger partial charge in [-0.05, 0) is 41.8 Å². The summed E-state index contributed by atoms with van der Waals surface area (Å²) >= 11 is 1.72. The number of benzene rings is 1. The smallest absolute Gasteiger partial charge is 0.319 e. The minimum Gasteiger partial charge on any atom is -0.338 e. The largest absolute Gasteiger partial charge is 0.338 e. The van der Waals surface area contributed by atoms with Crippen LogP contribution < -0.4 is 10.6 Å². The predicted molar refractivity (Wildman–Crippen MR) is 90.3 cm³/mol. The molecule has 2 amide bonds. The number of amides is 2. The number of aryl methyl sites for hydroxylation is 1. The Labute approximate surface area is 130 Å². The molecule has 0 bridgehead atoms. The standard InChI is InChI=1S/C17H22N2OS/c1-12(2)15-8-4-6-13(3)16(15)19-17(20)18-10-9-14-7-5-11-21-14/h4-8,11-12H,9-10H2,1-3H3,(H2,18,19,20). The van der Waals surface area contributed by atoms with E-state index in [9.17, 15) is 4.79 Å². The quantitative estimate of drug-likeness (QED) is 0.836. The third-order valence-corrected chi connectivity index (χ3v) is 4.34. The van der Waals surface area contributed by atoms with E-state index < -0.39 is 0 Å². The molecule has 0 radical (unpaired) electrons. The van der Waals surface area contributed by atoms with E-state index >= 15 is 0 Å². The number of rotatable bonds is 5. The Bertz CT molecular complexity index is 591. The fraction of sp³-hybridized carbons (Fsp3) is 0.353. The van der Waals surface area contributed by atoms with Crippen molar-refractivity contribution >= 4 is 23.1 Å². The molecule has 0 unspecified atom stereocenters. The average Bonchev–Trinajstić information content (AvgIpc) is 2.94. The molecule has 3 nitrogen and oxygen atoms in total. The summed E-state index contributed by atoms with van der Waals surface area (Å²) in [7, 11) is 0. The van der Waals surface area contributed by atoms with E-state index in [1.807, 2.05) is 25.1 Å². The van der Waals surface area contributed by atoms with Gasteiger partial charge in [0, 0.05) is 17.1 Å². The number of carbonyl (C=O) groups is 1. The maximum atomic E-state index is 12.0. The first-order valence-corrected chi connectivity index (χ1v) is 8.12. The molecule has 0 aliphatic heterocycles. The lowest BCUT2D eigenvalue weighted by Crippen LogP contribution is -2.31.